The number of primary amides is 1. The van der Waals surface area contributed by atoms with E-state index in [1.807, 2.05) is 20.8 Å². The Morgan fingerprint density at radius 3 is 2.11 bits per heavy atom. The predicted molar refractivity (Wildman–Crippen MR) is 186 cm³/mol. The summed E-state index contributed by atoms with van der Waals surface area (Å²) >= 11 is 0. The number of ether oxygens (including phenoxy) is 2. The molecule has 1 saturated heterocycles. The highest BCUT2D eigenvalue weighted by molar-refractivity contribution is 5.83. The van der Waals surface area contributed by atoms with E-state index in [4.69, 9.17) is 15.2 Å². The van der Waals surface area contributed by atoms with Crippen molar-refractivity contribution in [1.29, 1.82) is 0 Å². The van der Waals surface area contributed by atoms with Gasteiger partial charge >= 0.3 is 6.03 Å². The summed E-state index contributed by atoms with van der Waals surface area (Å²) in [5.41, 5.74) is 4.38. The zero-order valence-electron chi connectivity index (χ0n) is 30.2. The zero-order valence-corrected chi connectivity index (χ0v) is 30.2. The standard InChI is InChI=1S/C38H65N3O6/c1-7-8-9-10-11-12-13-14-15-16-17-18-19-20-22-25-30(2)41(35(39)45)38(26-23-21-24-27-38)31(34(43)44)28-40-33(42)32-36(3,4)29-46-37(5,6)47-32/h9-10,12-13,15-16,30-32H,7-8,11,14,17-29H2,1-6H3,(H2,39,45)(H,40,42)(H,43,44)/p-1/b10-9+,13-12+,16-15+. The molecule has 268 valence electrons. The summed E-state index contributed by atoms with van der Waals surface area (Å²) in [6.45, 7) is 11.6. The second-order valence-electron chi connectivity index (χ2n) is 14.7. The van der Waals surface area contributed by atoms with Crippen molar-refractivity contribution < 1.29 is 29.0 Å². The number of rotatable bonds is 20. The van der Waals surface area contributed by atoms with Gasteiger partial charge in [-0.25, -0.2) is 4.79 Å². The van der Waals surface area contributed by atoms with Crippen LogP contribution in [-0.4, -0.2) is 59.4 Å². The Bertz CT molecular complexity index is 1060. The molecule has 0 radical (unpaired) electrons. The van der Waals surface area contributed by atoms with Crippen LogP contribution < -0.4 is 16.2 Å². The van der Waals surface area contributed by atoms with E-state index in [0.717, 1.165) is 77.0 Å². The number of carboxylic acids is 1. The average molecular weight is 659 g/mol. The maximum Gasteiger partial charge on any atom is 0.315 e. The number of carboxylic acid groups (broad SMARTS) is 1. The van der Waals surface area contributed by atoms with Gasteiger partial charge in [-0.05, 0) is 72.1 Å². The first-order chi connectivity index (χ1) is 22.3. The van der Waals surface area contributed by atoms with Gasteiger partial charge in [0.15, 0.2) is 5.79 Å². The number of nitrogens with one attached hydrogen (secondary N) is 1. The summed E-state index contributed by atoms with van der Waals surface area (Å²) in [6.07, 6.45) is 26.2. The van der Waals surface area contributed by atoms with E-state index in [-0.39, 0.29) is 12.6 Å². The molecule has 1 heterocycles. The molecule has 47 heavy (non-hydrogen) atoms. The summed E-state index contributed by atoms with van der Waals surface area (Å²) in [4.78, 5) is 40.9. The second-order valence-corrected chi connectivity index (χ2v) is 14.7. The van der Waals surface area contributed by atoms with E-state index in [9.17, 15) is 19.5 Å². The van der Waals surface area contributed by atoms with Crippen LogP contribution in [0.15, 0.2) is 36.5 Å². The second kappa shape index (κ2) is 20.0. The van der Waals surface area contributed by atoms with Crippen LogP contribution in [0.3, 0.4) is 0 Å². The Balaban J connectivity index is 1.96. The molecule has 0 bridgehead atoms. The van der Waals surface area contributed by atoms with Crippen molar-refractivity contribution in [2.75, 3.05) is 13.2 Å². The van der Waals surface area contributed by atoms with Crippen LogP contribution in [0.2, 0.25) is 0 Å². The fourth-order valence-corrected chi connectivity index (χ4v) is 7.04. The largest absolute Gasteiger partial charge is 0.550 e. The number of nitrogens with zero attached hydrogens (tertiary/aromatic N) is 1. The molecule has 1 aliphatic carbocycles. The molecule has 2 aliphatic rings. The highest BCUT2D eigenvalue weighted by atomic mass is 16.7. The van der Waals surface area contributed by atoms with E-state index in [1.165, 1.54) is 6.42 Å². The Morgan fingerprint density at radius 2 is 1.51 bits per heavy atom. The van der Waals surface area contributed by atoms with Crippen molar-refractivity contribution >= 4 is 17.9 Å². The summed E-state index contributed by atoms with van der Waals surface area (Å²) in [5, 5.41) is 15.6. The van der Waals surface area contributed by atoms with Gasteiger partial charge in [0.25, 0.3) is 0 Å². The van der Waals surface area contributed by atoms with Crippen LogP contribution in [0.1, 0.15) is 138 Å². The maximum atomic E-state index is 13.4. The average Bonchev–Trinajstić information content (AvgIpc) is 3.00. The van der Waals surface area contributed by atoms with Gasteiger partial charge in [-0.2, -0.15) is 0 Å². The van der Waals surface area contributed by atoms with Crippen LogP contribution >= 0.6 is 0 Å². The minimum Gasteiger partial charge on any atom is -0.550 e. The summed E-state index contributed by atoms with van der Waals surface area (Å²) in [7, 11) is 0. The number of aliphatic carboxylic acids is 1. The van der Waals surface area contributed by atoms with E-state index < -0.39 is 46.7 Å². The van der Waals surface area contributed by atoms with Crippen LogP contribution in [0.5, 0.6) is 0 Å². The number of unbranched alkanes of at least 4 members (excludes halogenated alkanes) is 5. The normalized spacial score (nSPS) is 22.0. The van der Waals surface area contributed by atoms with Gasteiger partial charge in [0.05, 0.1) is 12.1 Å². The molecule has 3 unspecified atom stereocenters. The van der Waals surface area contributed by atoms with Crippen molar-refractivity contribution in [3.8, 4) is 0 Å². The summed E-state index contributed by atoms with van der Waals surface area (Å²) in [6, 6.07) is -0.867. The van der Waals surface area contributed by atoms with Crippen molar-refractivity contribution in [3.63, 3.8) is 0 Å². The first-order valence-corrected chi connectivity index (χ1v) is 18.1. The Morgan fingerprint density at radius 1 is 0.915 bits per heavy atom. The number of urea groups is 1. The molecular formula is C38H64N3O6-. The minimum absolute atomic E-state index is 0.172. The van der Waals surface area contributed by atoms with Gasteiger partial charge in [0, 0.05) is 29.9 Å². The van der Waals surface area contributed by atoms with Gasteiger partial charge in [-0.1, -0.05) is 102 Å². The summed E-state index contributed by atoms with van der Waals surface area (Å²) in [5.74, 6) is -3.74. The molecule has 3 N–H and O–H groups in total. The van der Waals surface area contributed by atoms with E-state index in [1.54, 1.807) is 18.7 Å². The third-order valence-corrected chi connectivity index (χ3v) is 9.67. The molecule has 1 aliphatic heterocycles. The molecule has 2 fully saturated rings. The highest BCUT2D eigenvalue weighted by Gasteiger charge is 2.50. The van der Waals surface area contributed by atoms with Gasteiger partial charge in [-0.15, -0.1) is 0 Å². The van der Waals surface area contributed by atoms with Crippen molar-refractivity contribution in [2.24, 2.45) is 17.1 Å². The molecule has 0 spiro atoms. The number of hydrogen-bond acceptors (Lipinski definition) is 6. The molecule has 0 aromatic heterocycles. The number of carbonyl (C=O) groups is 3. The summed E-state index contributed by atoms with van der Waals surface area (Å²) < 4.78 is 11.7. The lowest BCUT2D eigenvalue weighted by Crippen LogP contribution is -2.67. The maximum absolute atomic E-state index is 13.4. The van der Waals surface area contributed by atoms with Gasteiger partial charge in [0.1, 0.15) is 6.10 Å². The zero-order chi connectivity index (χ0) is 34.9. The lowest BCUT2D eigenvalue weighted by atomic mass is 9.70. The Kier molecular flexibility index (Phi) is 17.2. The molecule has 2 rings (SSSR count). The first kappa shape index (κ1) is 40.5. The molecule has 9 heteroatoms. The Hall–Kier alpha value is -2.65. The van der Waals surface area contributed by atoms with Gasteiger partial charge in [0.2, 0.25) is 5.91 Å². The molecular weight excluding hydrogens is 594 g/mol. The van der Waals surface area contributed by atoms with E-state index in [0.29, 0.717) is 19.4 Å². The number of nitrogens with two attached hydrogens (primary N) is 1. The van der Waals surface area contributed by atoms with Gasteiger partial charge in [-0.3, -0.25) is 4.79 Å². The quantitative estimate of drug-likeness (QED) is 0.110. The smallest absolute Gasteiger partial charge is 0.315 e. The van der Waals surface area contributed by atoms with Crippen LogP contribution in [0, 0.1) is 11.3 Å². The van der Waals surface area contributed by atoms with Crippen LogP contribution in [-0.2, 0) is 19.1 Å². The molecule has 0 aromatic rings. The first-order valence-electron chi connectivity index (χ1n) is 18.1. The lowest BCUT2D eigenvalue weighted by molar-refractivity contribution is -0.316. The lowest BCUT2D eigenvalue weighted by Gasteiger charge is -2.53. The molecule has 9 nitrogen and oxygen atoms in total. The molecule has 3 amide bonds. The Labute approximate surface area is 284 Å². The number of allylic oxidation sites excluding steroid dienone is 6. The number of amides is 3. The molecule has 0 aromatic carbocycles. The molecule has 3 atom stereocenters. The van der Waals surface area contributed by atoms with Crippen molar-refractivity contribution in [1.82, 2.24) is 10.2 Å². The molecule has 1 saturated carbocycles. The minimum atomic E-state index is -1.29. The number of hydrogen-bond donors (Lipinski definition) is 2. The van der Waals surface area contributed by atoms with Crippen molar-refractivity contribution in [3.05, 3.63) is 36.5 Å². The topological polar surface area (TPSA) is 134 Å². The fraction of sp³-hybridized carbons (Fsp3) is 0.763. The van der Waals surface area contributed by atoms with Crippen LogP contribution in [0.25, 0.3) is 0 Å². The third kappa shape index (κ3) is 13.1. The van der Waals surface area contributed by atoms with Crippen LogP contribution in [0.4, 0.5) is 4.79 Å². The SMILES string of the molecule is CCC/C=C/C/C=C/C/C=C/CCCCCCC(C)N(C(N)=O)C1(C(CNC(=O)C2OC(C)(C)OCC2(C)C)C(=O)[O-])CCCCC1. The monoisotopic (exact) mass is 658 g/mol. The van der Waals surface area contributed by atoms with Gasteiger partial charge < -0.3 is 35.3 Å². The predicted octanol–water partition coefficient (Wildman–Crippen LogP) is 6.71. The van der Waals surface area contributed by atoms with Crippen molar-refractivity contribution in [2.45, 2.75) is 161 Å². The third-order valence-electron chi connectivity index (χ3n) is 9.67. The highest BCUT2D eigenvalue weighted by Crippen LogP contribution is 2.42. The van der Waals surface area contributed by atoms with E-state index in [2.05, 4.69) is 48.7 Å². The fourth-order valence-electron chi connectivity index (χ4n) is 7.04. The van der Waals surface area contributed by atoms with E-state index >= 15 is 0 Å². The number of carbonyl (C=O) groups excluding carboxylic acids is 3.